The lowest BCUT2D eigenvalue weighted by Gasteiger charge is -2.07. The Bertz CT molecular complexity index is 1300. The molecule has 0 fully saturated rings. The third-order valence-electron chi connectivity index (χ3n) is 4.65. The number of hydrogen-bond acceptors (Lipinski definition) is 6. The molecule has 154 valence electrons. The zero-order valence-electron chi connectivity index (χ0n) is 17.0. The number of thiazole rings is 1. The van der Waals surface area contributed by atoms with Gasteiger partial charge in [-0.05, 0) is 43.7 Å². The number of benzene rings is 2. The summed E-state index contributed by atoms with van der Waals surface area (Å²) in [4.78, 5) is 20.1. The van der Waals surface area contributed by atoms with Gasteiger partial charge in [0.2, 0.25) is 4.80 Å². The van der Waals surface area contributed by atoms with E-state index >= 15 is 0 Å². The molecule has 2 aromatic heterocycles. The molecule has 0 aliphatic rings. The van der Waals surface area contributed by atoms with Crippen molar-refractivity contribution in [2.75, 3.05) is 0 Å². The number of non-ortho nitro benzene ring substituents is 1. The Kier molecular flexibility index (Phi) is 5.81. The van der Waals surface area contributed by atoms with E-state index in [4.69, 9.17) is 10.1 Å². The summed E-state index contributed by atoms with van der Waals surface area (Å²) < 4.78 is 1.77. The zero-order chi connectivity index (χ0) is 21.8. The first-order valence-corrected chi connectivity index (χ1v) is 10.4. The fourth-order valence-electron chi connectivity index (χ4n) is 2.96. The maximum Gasteiger partial charge on any atom is 0.269 e. The molecule has 4 rings (SSSR count). The van der Waals surface area contributed by atoms with Gasteiger partial charge in [0.15, 0.2) is 0 Å². The van der Waals surface area contributed by atoms with Crippen LogP contribution in [0.1, 0.15) is 18.1 Å². The lowest BCUT2D eigenvalue weighted by molar-refractivity contribution is -0.384. The third-order valence-corrected chi connectivity index (χ3v) is 5.47. The largest absolute Gasteiger partial charge is 0.269 e. The van der Waals surface area contributed by atoms with Crippen molar-refractivity contribution in [3.05, 3.63) is 104 Å². The molecule has 0 spiro atoms. The minimum Gasteiger partial charge on any atom is -0.262 e. The molecule has 2 aromatic carbocycles. The molecular weight excluding hydrogens is 410 g/mol. The maximum absolute atomic E-state index is 11.0. The Morgan fingerprint density at radius 1 is 1.10 bits per heavy atom. The molecule has 8 heteroatoms. The highest BCUT2D eigenvalue weighted by Gasteiger charge is 2.11. The van der Waals surface area contributed by atoms with Crippen LogP contribution in [0, 0.1) is 17.0 Å². The molecule has 0 unspecified atom stereocenters. The summed E-state index contributed by atoms with van der Waals surface area (Å²) in [5, 5.41) is 17.8. The van der Waals surface area contributed by atoms with Gasteiger partial charge in [0, 0.05) is 29.3 Å². The van der Waals surface area contributed by atoms with Crippen LogP contribution in [-0.2, 0) is 0 Å². The Hall–Kier alpha value is -3.91. The van der Waals surface area contributed by atoms with Crippen molar-refractivity contribution >= 4 is 28.4 Å². The average molecular weight is 430 g/mol. The summed E-state index contributed by atoms with van der Waals surface area (Å²) in [5.41, 5.74) is 5.39. The van der Waals surface area contributed by atoms with E-state index in [9.17, 15) is 10.1 Å². The number of nitrogens with zero attached hydrogens (tertiary/aromatic N) is 5. The van der Waals surface area contributed by atoms with Crippen LogP contribution >= 0.6 is 11.3 Å². The molecule has 0 aliphatic carbocycles. The topological polar surface area (TPSA) is 85.7 Å². The second-order valence-corrected chi connectivity index (χ2v) is 7.73. The van der Waals surface area contributed by atoms with E-state index in [1.54, 1.807) is 29.2 Å². The fraction of sp³-hybridized carbons (Fsp3) is 0.0870. The summed E-state index contributed by atoms with van der Waals surface area (Å²) in [6.45, 7) is 3.99. The number of rotatable bonds is 5. The van der Waals surface area contributed by atoms with Crippen LogP contribution in [0.3, 0.4) is 0 Å². The molecule has 0 N–H and O–H groups in total. The van der Waals surface area contributed by atoms with Crippen LogP contribution < -0.4 is 4.80 Å². The fourth-order valence-corrected chi connectivity index (χ4v) is 3.81. The first-order valence-electron chi connectivity index (χ1n) is 9.54. The van der Waals surface area contributed by atoms with Gasteiger partial charge in [-0.25, -0.2) is 9.67 Å². The molecule has 0 aliphatic heterocycles. The Morgan fingerprint density at radius 2 is 1.84 bits per heavy atom. The third kappa shape index (κ3) is 4.65. The van der Waals surface area contributed by atoms with Gasteiger partial charge in [0.05, 0.1) is 28.2 Å². The number of nitro benzene ring substituents is 1. The van der Waals surface area contributed by atoms with Crippen LogP contribution in [0.5, 0.6) is 0 Å². The second kappa shape index (κ2) is 8.85. The SMILES string of the molecule is CC(=Nn1c(-c2ccc([N+](=O)[O-])cc2)csc1=Nc1cccnc1)c1ccc(C)cc1. The Balaban J connectivity index is 1.86. The van der Waals surface area contributed by atoms with E-state index in [0.717, 1.165) is 28.2 Å². The van der Waals surface area contributed by atoms with Gasteiger partial charge in [-0.15, -0.1) is 11.3 Å². The standard InChI is InChI=1S/C23H19N5O2S/c1-16-5-7-18(8-6-16)17(2)26-27-22(19-9-11-21(12-10-19)28(29)30)15-31-23(27)25-20-4-3-13-24-14-20/h3-15H,1-2H3. The normalized spacial score (nSPS) is 12.2. The Labute approximate surface area is 182 Å². The van der Waals surface area contributed by atoms with Crippen LogP contribution in [0.15, 0.2) is 88.5 Å². The van der Waals surface area contributed by atoms with Gasteiger partial charge < -0.3 is 0 Å². The highest BCUT2D eigenvalue weighted by molar-refractivity contribution is 7.07. The number of nitro groups is 1. The molecule has 7 nitrogen and oxygen atoms in total. The lowest BCUT2D eigenvalue weighted by atomic mass is 10.1. The van der Waals surface area contributed by atoms with Gasteiger partial charge in [-0.3, -0.25) is 15.1 Å². The highest BCUT2D eigenvalue weighted by atomic mass is 32.1. The van der Waals surface area contributed by atoms with Crippen LogP contribution in [0.2, 0.25) is 0 Å². The second-order valence-electron chi connectivity index (χ2n) is 6.89. The van der Waals surface area contributed by atoms with Crippen molar-refractivity contribution in [3.63, 3.8) is 0 Å². The summed E-state index contributed by atoms with van der Waals surface area (Å²) in [6, 6.07) is 18.3. The first kappa shape index (κ1) is 20.4. The first-order chi connectivity index (χ1) is 15.0. The molecule has 2 heterocycles. The number of aromatic nitrogens is 2. The molecule has 0 saturated heterocycles. The molecule has 0 bridgehead atoms. The van der Waals surface area contributed by atoms with Crippen LogP contribution in [0.4, 0.5) is 11.4 Å². The van der Waals surface area contributed by atoms with Crippen molar-refractivity contribution in [1.82, 2.24) is 9.66 Å². The number of hydrogen-bond donors (Lipinski definition) is 0. The molecule has 31 heavy (non-hydrogen) atoms. The van der Waals surface area contributed by atoms with Gasteiger partial charge in [-0.2, -0.15) is 5.10 Å². The molecule has 4 aromatic rings. The summed E-state index contributed by atoms with van der Waals surface area (Å²) in [7, 11) is 0. The summed E-state index contributed by atoms with van der Waals surface area (Å²) in [5.74, 6) is 0. The molecule has 0 atom stereocenters. The summed E-state index contributed by atoms with van der Waals surface area (Å²) >= 11 is 1.44. The predicted octanol–water partition coefficient (Wildman–Crippen LogP) is 5.33. The Morgan fingerprint density at radius 3 is 2.48 bits per heavy atom. The zero-order valence-corrected chi connectivity index (χ0v) is 17.8. The number of pyridine rings is 1. The number of aryl methyl sites for hydroxylation is 1. The smallest absolute Gasteiger partial charge is 0.262 e. The lowest BCUT2D eigenvalue weighted by Crippen LogP contribution is -2.13. The van der Waals surface area contributed by atoms with Gasteiger partial charge in [0.25, 0.3) is 5.69 Å². The van der Waals surface area contributed by atoms with E-state index in [1.165, 1.54) is 29.0 Å². The van der Waals surface area contributed by atoms with E-state index in [1.807, 2.05) is 55.6 Å². The van der Waals surface area contributed by atoms with E-state index in [2.05, 4.69) is 4.98 Å². The average Bonchev–Trinajstić information content (AvgIpc) is 3.17. The van der Waals surface area contributed by atoms with Gasteiger partial charge in [0.1, 0.15) is 0 Å². The van der Waals surface area contributed by atoms with Gasteiger partial charge >= 0.3 is 0 Å². The molecule has 0 radical (unpaired) electrons. The van der Waals surface area contributed by atoms with E-state index in [-0.39, 0.29) is 5.69 Å². The van der Waals surface area contributed by atoms with Crippen molar-refractivity contribution in [2.45, 2.75) is 13.8 Å². The van der Waals surface area contributed by atoms with Crippen LogP contribution in [-0.4, -0.2) is 20.3 Å². The van der Waals surface area contributed by atoms with E-state index < -0.39 is 4.92 Å². The van der Waals surface area contributed by atoms with Crippen molar-refractivity contribution in [1.29, 1.82) is 0 Å². The molecule has 0 amide bonds. The summed E-state index contributed by atoms with van der Waals surface area (Å²) in [6.07, 6.45) is 3.38. The van der Waals surface area contributed by atoms with Crippen molar-refractivity contribution in [2.24, 2.45) is 10.1 Å². The monoisotopic (exact) mass is 429 g/mol. The highest BCUT2D eigenvalue weighted by Crippen LogP contribution is 2.24. The minimum absolute atomic E-state index is 0.0464. The maximum atomic E-state index is 11.0. The van der Waals surface area contributed by atoms with Crippen molar-refractivity contribution < 1.29 is 4.92 Å². The van der Waals surface area contributed by atoms with Gasteiger partial charge in [-0.1, -0.05) is 29.8 Å². The van der Waals surface area contributed by atoms with E-state index in [0.29, 0.717) is 4.80 Å². The molecular formula is C23H19N5O2S. The minimum atomic E-state index is -0.408. The molecule has 0 saturated carbocycles. The van der Waals surface area contributed by atoms with Crippen LogP contribution in [0.25, 0.3) is 11.3 Å². The quantitative estimate of drug-likeness (QED) is 0.244. The predicted molar refractivity (Wildman–Crippen MR) is 123 cm³/mol. The van der Waals surface area contributed by atoms with Crippen molar-refractivity contribution in [3.8, 4) is 11.3 Å².